The molecule has 6 aromatic heterocycles. The van der Waals surface area contributed by atoms with E-state index in [1.165, 1.54) is 17.8 Å². The molecule has 23 nitrogen and oxygen atoms in total. The van der Waals surface area contributed by atoms with Gasteiger partial charge in [0.05, 0.1) is 58.6 Å². The average molecular weight is 1810 g/mol. The van der Waals surface area contributed by atoms with Crippen LogP contribution in [-0.2, 0) is 64.8 Å². The number of rotatable bonds is 15. The van der Waals surface area contributed by atoms with Crippen LogP contribution in [0.15, 0.2) is 47.8 Å². The van der Waals surface area contributed by atoms with Gasteiger partial charge in [-0.25, -0.2) is 24.9 Å². The minimum atomic E-state index is -1.00. The average Bonchev–Trinajstić information content (AvgIpc) is 1.86. The van der Waals surface area contributed by atoms with E-state index in [0.717, 1.165) is 142 Å². The molecule has 3 aliphatic rings. The van der Waals surface area contributed by atoms with Crippen LogP contribution in [0, 0.1) is 6.92 Å². The van der Waals surface area contributed by atoms with E-state index in [1.807, 2.05) is 26.7 Å². The fourth-order valence-electron chi connectivity index (χ4n) is 6.70. The first-order valence-electron chi connectivity index (χ1n) is 25.4. The van der Waals surface area contributed by atoms with Crippen LogP contribution in [0.2, 0.25) is 0 Å². The quantitative estimate of drug-likeness (QED) is 0.0454. The minimum absolute atomic E-state index is 0. The number of nitrogens with zero attached hydrogens (tertiary/aromatic N) is 12. The topological polar surface area (TPSA) is 218 Å². The number of carbonyl (C=O) groups excluding carboxylic acids is 2. The maximum Gasteiger partial charge on any atom is 1.00 e. The normalized spacial score (nSPS) is 13.4. The Morgan fingerprint density at radius 3 is 1.42 bits per heavy atom. The Hall–Kier alpha value is 0.277. The molecule has 9 heterocycles. The Morgan fingerprint density at radius 2 is 1.07 bits per heavy atom. The number of aromatic nitrogens is 10. The van der Waals surface area contributed by atoms with Crippen LogP contribution in [0.25, 0.3) is 10.3 Å². The molecule has 0 aromatic carbocycles. The van der Waals surface area contributed by atoms with Gasteiger partial charge in [-0.15, -0.1) is 11.3 Å². The molecule has 9 rings (SSSR count). The maximum absolute atomic E-state index is 11.5. The number of ether oxygens (including phenoxy) is 8. The van der Waals surface area contributed by atoms with Gasteiger partial charge in [0.2, 0.25) is 17.8 Å². The summed E-state index contributed by atoms with van der Waals surface area (Å²) in [4.78, 5) is 55.0. The summed E-state index contributed by atoms with van der Waals surface area (Å²) >= 11 is 31.1. The first kappa shape index (κ1) is 85.3. The second-order valence-corrected chi connectivity index (χ2v) is 24.0. The summed E-state index contributed by atoms with van der Waals surface area (Å²) in [5.74, 6) is 2.62. The molecule has 0 atom stereocenters. The van der Waals surface area contributed by atoms with Crippen molar-refractivity contribution in [3.8, 4) is 0 Å². The summed E-state index contributed by atoms with van der Waals surface area (Å²) < 4.78 is 71.1. The number of morpholine rings is 3. The molecule has 0 saturated carbocycles. The number of halogens is 10. The minimum Gasteiger partial charge on any atom is -1.00 e. The van der Waals surface area contributed by atoms with Crippen molar-refractivity contribution in [1.29, 1.82) is 0 Å². The van der Waals surface area contributed by atoms with Gasteiger partial charge in [0, 0.05) is 81.4 Å². The molecule has 0 unspecified atom stereocenters. The number of hydrogen-bond donors (Lipinski definition) is 1. The van der Waals surface area contributed by atoms with Gasteiger partial charge in [-0.1, -0.05) is 20.8 Å². The van der Waals surface area contributed by atoms with E-state index >= 15 is 0 Å². The van der Waals surface area contributed by atoms with E-state index < -0.39 is 7.15 Å². The summed E-state index contributed by atoms with van der Waals surface area (Å²) in [6, 6.07) is 1.90. The van der Waals surface area contributed by atoms with E-state index in [9.17, 15) is 14.0 Å². The number of H-pyrrole nitrogens is 1. The summed E-state index contributed by atoms with van der Waals surface area (Å²) in [5, 5.41) is 0. The Bertz CT molecular complexity index is 2770. The Labute approximate surface area is 615 Å². The fraction of sp³-hybridized carbons (Fsp3) is 0.592. The van der Waals surface area contributed by atoms with Crippen molar-refractivity contribution >= 4 is 195 Å². The van der Waals surface area contributed by atoms with Gasteiger partial charge in [-0.2, -0.15) is 6.42 Å². The predicted molar refractivity (Wildman–Crippen MR) is 357 cm³/mol. The van der Waals surface area contributed by atoms with Crippen molar-refractivity contribution in [2.75, 3.05) is 143 Å². The number of Topliss-reactive ketones (excluding diaryl/α,β-unsaturated/α-hetero) is 1. The van der Waals surface area contributed by atoms with Gasteiger partial charge in [-0.05, 0) is 163 Å². The monoisotopic (exact) mass is 1800 g/mol. The number of imidazole rings is 5. The molecule has 0 amide bonds. The van der Waals surface area contributed by atoms with Crippen LogP contribution in [0.1, 0.15) is 64.0 Å². The molecule has 3 saturated heterocycles. The summed E-state index contributed by atoms with van der Waals surface area (Å²) in [6.07, 6.45) is 3.06. The Balaban J connectivity index is -0.000000980. The third-order valence-corrected chi connectivity index (χ3v) is 18.8. The van der Waals surface area contributed by atoms with Crippen LogP contribution in [-0.4, -0.2) is 188 Å². The molecule has 85 heavy (non-hydrogen) atoms. The zero-order chi connectivity index (χ0) is 62.0. The standard InChI is InChI=1S/C13H17N3O3S.C10H14BrN3O3.C9H13Br2N3O2.C5H5Br3N2O.C4H9.C3HBr3N2.C3H8O.CH3F.CH4.Li.Na.H/c1-9(17)11-7-10-12(20-11)14-13(16(10)8-18-2)15-3-5-19-6-4-15;1-16-7-14-8(6-15)9(11)12-10(14)13-2-4-17-5-3-13;1-15-6-14-8(11)7(10)12-9(14)13-2-4-16-5-3-13;1-11-2-10-4(7)3(6)9-5(10)8;1-3-4-2;4-1-2(5)8-3(6)7-1;1-3-4-2;1-2;;;;/h7H,3-6,8H2,1-2H3;6H,2-5,7H2,1H3;2-6H2,1H3;2H2,1H3;1,3-4H2,2H3;(H,7,8);3H2,1-2H3;1H3;1H4;;;/q;;;;-1;;;;;2*+1;-1/i;;;;;;;1D;;;;. The van der Waals surface area contributed by atoms with Gasteiger partial charge in [0.1, 0.15) is 69.7 Å². The number of unbranched alkanes of at least 4 members (excludes halogenated alkanes) is 1. The van der Waals surface area contributed by atoms with E-state index in [-0.39, 0.29) is 63.1 Å². The number of ketones is 1. The van der Waals surface area contributed by atoms with Crippen molar-refractivity contribution < 1.29 is 103 Å². The summed E-state index contributed by atoms with van der Waals surface area (Å²) in [6.45, 7) is 20.9. The van der Waals surface area contributed by atoms with E-state index in [4.69, 9.17) is 34.5 Å². The zero-order valence-corrected chi connectivity index (χ0v) is 65.7. The Kier molecular flexibility index (Phi) is 50.0. The van der Waals surface area contributed by atoms with Gasteiger partial charge < -0.3 is 65.9 Å². The number of fused-ring (bicyclic) bond motifs is 1. The van der Waals surface area contributed by atoms with Crippen molar-refractivity contribution in [3.63, 3.8) is 0 Å². The van der Waals surface area contributed by atoms with Crippen molar-refractivity contribution in [2.24, 2.45) is 0 Å². The molecule has 0 bridgehead atoms. The maximum atomic E-state index is 11.5. The SMILES string of the molecule is Brc1nc(Br)c(Br)[nH]1.C.CCOC.COCn1c(Br)nc(Br)c1Br.COCn1c(N2CCOCC2)nc(Br)c1Br.COCn1c(N2CCOCC2)nc(Br)c1C=O.COCn1c(N2CCOCC2)nc2sc(C(C)=O)cc21.[2H]CF.[CH2-]CCC.[H-].[Li+].[Na+]. The van der Waals surface area contributed by atoms with E-state index in [2.05, 4.69) is 207 Å². The molecule has 3 fully saturated rings. The molecule has 0 radical (unpaired) electrons. The number of anilines is 3. The molecule has 6 aromatic rings. The van der Waals surface area contributed by atoms with Gasteiger partial charge in [0.25, 0.3) is 0 Å². The number of thiophene rings is 1. The smallest absolute Gasteiger partial charge is 1.00 e. The fourth-order valence-corrected chi connectivity index (χ4v) is 11.9. The van der Waals surface area contributed by atoms with Crippen LogP contribution < -0.4 is 63.1 Å². The number of aromatic amines is 1. The second-order valence-electron chi connectivity index (χ2n) is 16.2. The number of hydrogen-bond acceptors (Lipinski definition) is 19. The molecule has 0 spiro atoms. The molecular weight excluding hydrogens is 1730 g/mol. The molecule has 474 valence electrons. The number of alkyl halides is 1. The van der Waals surface area contributed by atoms with Crippen molar-refractivity contribution in [3.05, 3.63) is 65.3 Å². The number of methoxy groups -OCH3 is 5. The summed E-state index contributed by atoms with van der Waals surface area (Å²) in [7, 11) is 7.23. The predicted octanol–water partition coefficient (Wildman–Crippen LogP) is 7.58. The number of nitrogens with one attached hydrogen (secondary N) is 1. The van der Waals surface area contributed by atoms with Crippen molar-refractivity contribution in [2.45, 2.75) is 68.0 Å². The first-order chi connectivity index (χ1) is 39.8. The van der Waals surface area contributed by atoms with Crippen LogP contribution in [0.3, 0.4) is 0 Å². The van der Waals surface area contributed by atoms with Crippen LogP contribution >= 0.6 is 155 Å². The molecule has 1 N–H and O–H groups in total. The molecule has 0 aliphatic carbocycles. The summed E-state index contributed by atoms with van der Waals surface area (Å²) in [5.41, 5.74) is 1.46. The van der Waals surface area contributed by atoms with Gasteiger partial charge in [0.15, 0.2) is 21.5 Å². The Morgan fingerprint density at radius 1 is 0.682 bits per heavy atom. The third kappa shape index (κ3) is 29.0. The van der Waals surface area contributed by atoms with Crippen LogP contribution in [0.4, 0.5) is 22.2 Å². The first-order valence-corrected chi connectivity index (χ1v) is 32.6. The largest absolute Gasteiger partial charge is 1.00 e. The molecule has 36 heteroatoms. The molecule has 3 aliphatic heterocycles. The van der Waals surface area contributed by atoms with Gasteiger partial charge in [-0.3, -0.25) is 32.2 Å². The second kappa shape index (κ2) is 49.9. The van der Waals surface area contributed by atoms with E-state index in [0.29, 0.717) is 63.6 Å². The number of aldehydes is 1. The van der Waals surface area contributed by atoms with Crippen LogP contribution in [0.5, 0.6) is 0 Å². The third-order valence-electron chi connectivity index (χ3n) is 10.6. The zero-order valence-electron chi connectivity index (χ0n) is 50.6. The molecular formula is C49H75Br9FLiN13NaO10S. The van der Waals surface area contributed by atoms with E-state index in [1.54, 1.807) is 47.0 Å². The van der Waals surface area contributed by atoms with Crippen molar-refractivity contribution in [1.82, 2.24) is 48.2 Å². The van der Waals surface area contributed by atoms with Gasteiger partial charge >= 0.3 is 48.4 Å². The number of carbonyl (C=O) groups is 2.